The van der Waals surface area contributed by atoms with Crippen molar-refractivity contribution < 1.29 is 4.42 Å². The molecule has 3 nitrogen and oxygen atoms in total. The lowest BCUT2D eigenvalue weighted by atomic mass is 9.78. The fourth-order valence-corrected chi connectivity index (χ4v) is 6.13. The van der Waals surface area contributed by atoms with E-state index in [4.69, 9.17) is 9.40 Å². The average molecular weight is 567 g/mol. The predicted molar refractivity (Wildman–Crippen MR) is 182 cm³/mol. The van der Waals surface area contributed by atoms with Gasteiger partial charge in [-0.2, -0.15) is 0 Å². The lowest BCUT2D eigenvalue weighted by Crippen LogP contribution is -2.16. The molecule has 0 fully saturated rings. The number of para-hydroxylation sites is 1. The van der Waals surface area contributed by atoms with E-state index in [1.807, 2.05) is 19.2 Å². The Kier molecular flexibility index (Phi) is 6.84. The smallest absolute Gasteiger partial charge is 0.227 e. The molecule has 3 aromatic carbocycles. The van der Waals surface area contributed by atoms with Crippen molar-refractivity contribution in [3.63, 3.8) is 0 Å². The minimum absolute atomic E-state index is 0.0716. The standard InChI is InChI=1S/C40H42N2O/c1-23-16-27(28-18-29(39(5,6)7)20-30(19-28)40(8,9)10)17-24(2)36(23)34-21-35(41-22-25(34)3)33-13-11-12-31-32-15-14-26(4)42-38(32)43-37(31)33/h11-22H,1-10H3. The molecule has 3 heteroatoms. The van der Waals surface area contributed by atoms with Crippen LogP contribution in [0.2, 0.25) is 0 Å². The van der Waals surface area contributed by atoms with Crippen molar-refractivity contribution in [3.8, 4) is 33.5 Å². The molecule has 0 saturated heterocycles. The SMILES string of the molecule is Cc1ccc2c(n1)oc1c(-c3cc(-c4c(C)cc(-c5cc(C(C)(C)C)cc(C(C)(C)C)c5)cc4C)c(C)cn3)cccc12. The van der Waals surface area contributed by atoms with Gasteiger partial charge in [-0.05, 0) is 113 Å². The van der Waals surface area contributed by atoms with E-state index in [1.165, 1.54) is 44.5 Å². The fourth-order valence-electron chi connectivity index (χ4n) is 6.13. The minimum Gasteiger partial charge on any atom is -0.437 e. The fraction of sp³-hybridized carbons (Fsp3) is 0.300. The number of hydrogen-bond donors (Lipinski definition) is 0. The summed E-state index contributed by atoms with van der Waals surface area (Å²) < 4.78 is 6.32. The third-order valence-corrected chi connectivity index (χ3v) is 8.68. The number of aromatic nitrogens is 2. The Hall–Kier alpha value is -4.24. The van der Waals surface area contributed by atoms with Crippen molar-refractivity contribution in [1.82, 2.24) is 9.97 Å². The van der Waals surface area contributed by atoms with Gasteiger partial charge in [0.2, 0.25) is 5.71 Å². The molecular formula is C40H42N2O. The van der Waals surface area contributed by atoms with Crippen molar-refractivity contribution in [1.29, 1.82) is 0 Å². The van der Waals surface area contributed by atoms with Gasteiger partial charge in [0.1, 0.15) is 5.58 Å². The van der Waals surface area contributed by atoms with E-state index in [1.54, 1.807) is 0 Å². The summed E-state index contributed by atoms with van der Waals surface area (Å²) in [5.74, 6) is 0. The molecule has 0 bridgehead atoms. The summed E-state index contributed by atoms with van der Waals surface area (Å²) in [6.45, 7) is 22.4. The predicted octanol–water partition coefficient (Wildman–Crippen LogP) is 11.2. The van der Waals surface area contributed by atoms with Crippen LogP contribution in [0.1, 0.15) is 75.1 Å². The van der Waals surface area contributed by atoms with Crippen molar-refractivity contribution in [2.45, 2.75) is 80.1 Å². The monoisotopic (exact) mass is 566 g/mol. The number of nitrogens with zero attached hydrogens (tertiary/aromatic N) is 2. The quantitative estimate of drug-likeness (QED) is 0.214. The summed E-state index contributed by atoms with van der Waals surface area (Å²) in [6, 6.07) is 24.5. The van der Waals surface area contributed by atoms with E-state index in [0.717, 1.165) is 38.9 Å². The number of furan rings is 1. The molecule has 218 valence electrons. The Labute approximate surface area is 256 Å². The first-order valence-electron chi connectivity index (χ1n) is 15.2. The minimum atomic E-state index is 0.0716. The molecule has 43 heavy (non-hydrogen) atoms. The van der Waals surface area contributed by atoms with E-state index in [9.17, 15) is 0 Å². The third-order valence-electron chi connectivity index (χ3n) is 8.68. The maximum Gasteiger partial charge on any atom is 0.227 e. The molecule has 0 spiro atoms. The molecule has 3 aromatic heterocycles. The van der Waals surface area contributed by atoms with Crippen LogP contribution in [0, 0.1) is 27.7 Å². The molecule has 0 aliphatic rings. The molecular weight excluding hydrogens is 524 g/mol. The van der Waals surface area contributed by atoms with Crippen LogP contribution < -0.4 is 0 Å². The van der Waals surface area contributed by atoms with Gasteiger partial charge in [0.15, 0.2) is 0 Å². The van der Waals surface area contributed by atoms with E-state index >= 15 is 0 Å². The Morgan fingerprint density at radius 3 is 1.86 bits per heavy atom. The van der Waals surface area contributed by atoms with Crippen LogP contribution >= 0.6 is 0 Å². The molecule has 0 N–H and O–H groups in total. The summed E-state index contributed by atoms with van der Waals surface area (Å²) in [5, 5.41) is 2.09. The molecule has 0 unspecified atom stereocenters. The molecule has 0 radical (unpaired) electrons. The number of pyridine rings is 2. The van der Waals surface area contributed by atoms with Crippen LogP contribution in [0.15, 0.2) is 77.3 Å². The van der Waals surface area contributed by atoms with Crippen molar-refractivity contribution in [2.24, 2.45) is 0 Å². The van der Waals surface area contributed by atoms with Crippen LogP contribution in [0.3, 0.4) is 0 Å². The maximum absolute atomic E-state index is 6.32. The first-order valence-corrected chi connectivity index (χ1v) is 15.2. The molecule has 0 amide bonds. The third kappa shape index (κ3) is 5.27. The topological polar surface area (TPSA) is 38.9 Å². The van der Waals surface area contributed by atoms with Gasteiger partial charge in [0.25, 0.3) is 0 Å². The Bertz CT molecular complexity index is 1970. The molecule has 0 saturated carbocycles. The van der Waals surface area contributed by atoms with Crippen molar-refractivity contribution >= 4 is 22.1 Å². The van der Waals surface area contributed by atoms with Gasteiger partial charge in [-0.25, -0.2) is 4.98 Å². The van der Waals surface area contributed by atoms with Gasteiger partial charge in [-0.3, -0.25) is 4.98 Å². The summed E-state index contributed by atoms with van der Waals surface area (Å²) in [4.78, 5) is 9.52. The van der Waals surface area contributed by atoms with Crippen molar-refractivity contribution in [3.05, 3.63) is 106 Å². The summed E-state index contributed by atoms with van der Waals surface area (Å²) in [7, 11) is 0. The van der Waals surface area contributed by atoms with Crippen LogP contribution in [0.25, 0.3) is 55.6 Å². The summed E-state index contributed by atoms with van der Waals surface area (Å²) >= 11 is 0. The largest absolute Gasteiger partial charge is 0.437 e. The van der Waals surface area contributed by atoms with Crippen LogP contribution in [0.5, 0.6) is 0 Å². The number of rotatable bonds is 3. The van der Waals surface area contributed by atoms with Gasteiger partial charge >= 0.3 is 0 Å². The first-order chi connectivity index (χ1) is 20.2. The highest BCUT2D eigenvalue weighted by Crippen LogP contribution is 2.40. The average Bonchev–Trinajstić information content (AvgIpc) is 3.30. The van der Waals surface area contributed by atoms with Crippen LogP contribution in [-0.4, -0.2) is 9.97 Å². The molecule has 0 aliphatic carbocycles. The first kappa shape index (κ1) is 28.9. The van der Waals surface area contributed by atoms with E-state index in [0.29, 0.717) is 5.71 Å². The lowest BCUT2D eigenvalue weighted by molar-refractivity contribution is 0.569. The highest BCUT2D eigenvalue weighted by atomic mass is 16.3. The zero-order valence-corrected chi connectivity index (χ0v) is 27.2. The maximum atomic E-state index is 6.32. The normalized spacial score (nSPS) is 12.4. The number of benzene rings is 3. The van der Waals surface area contributed by atoms with Gasteiger partial charge in [-0.1, -0.05) is 84.0 Å². The van der Waals surface area contributed by atoms with Crippen LogP contribution in [0.4, 0.5) is 0 Å². The Morgan fingerprint density at radius 2 is 1.23 bits per heavy atom. The second-order valence-corrected chi connectivity index (χ2v) is 14.3. The second kappa shape index (κ2) is 10.2. The van der Waals surface area contributed by atoms with Crippen LogP contribution in [-0.2, 0) is 10.8 Å². The number of fused-ring (bicyclic) bond motifs is 3. The van der Waals surface area contributed by atoms with Gasteiger partial charge in [0, 0.05) is 28.2 Å². The summed E-state index contributed by atoms with van der Waals surface area (Å²) in [5.41, 5.74) is 15.9. The number of aryl methyl sites for hydroxylation is 4. The van der Waals surface area contributed by atoms with Crippen molar-refractivity contribution in [2.75, 3.05) is 0 Å². The Morgan fingerprint density at radius 1 is 0.605 bits per heavy atom. The zero-order chi connectivity index (χ0) is 30.8. The molecule has 0 aliphatic heterocycles. The Balaban J connectivity index is 1.48. The lowest BCUT2D eigenvalue weighted by Gasteiger charge is -2.26. The van der Waals surface area contributed by atoms with E-state index in [-0.39, 0.29) is 10.8 Å². The highest BCUT2D eigenvalue weighted by molar-refractivity contribution is 6.08. The molecule has 3 heterocycles. The second-order valence-electron chi connectivity index (χ2n) is 14.3. The molecule has 6 rings (SSSR count). The number of hydrogen-bond acceptors (Lipinski definition) is 3. The molecule has 6 aromatic rings. The van der Waals surface area contributed by atoms with E-state index < -0.39 is 0 Å². The molecule has 0 atom stereocenters. The van der Waals surface area contributed by atoms with Gasteiger partial charge < -0.3 is 4.42 Å². The van der Waals surface area contributed by atoms with Gasteiger partial charge in [0.05, 0.1) is 5.69 Å². The highest BCUT2D eigenvalue weighted by Gasteiger charge is 2.22. The zero-order valence-electron chi connectivity index (χ0n) is 27.2. The van der Waals surface area contributed by atoms with Gasteiger partial charge in [-0.15, -0.1) is 0 Å². The summed E-state index contributed by atoms with van der Waals surface area (Å²) in [6.07, 6.45) is 1.99. The van der Waals surface area contributed by atoms with E-state index in [2.05, 4.69) is 128 Å².